The van der Waals surface area contributed by atoms with E-state index in [9.17, 15) is 9.59 Å². The van der Waals surface area contributed by atoms with E-state index < -0.39 is 0 Å². The van der Waals surface area contributed by atoms with E-state index in [1.807, 2.05) is 56.4 Å². The first kappa shape index (κ1) is 21.6. The molecule has 1 aromatic carbocycles. The van der Waals surface area contributed by atoms with Crippen molar-refractivity contribution in [2.24, 2.45) is 0 Å². The molecule has 1 aliphatic rings. The number of urea groups is 1. The highest BCUT2D eigenvalue weighted by Gasteiger charge is 2.16. The van der Waals surface area contributed by atoms with E-state index in [1.54, 1.807) is 25.4 Å². The lowest BCUT2D eigenvalue weighted by Gasteiger charge is -2.20. The summed E-state index contributed by atoms with van der Waals surface area (Å²) >= 11 is 0. The fraction of sp³-hybridized carbons (Fsp3) is 0.174. The molecule has 0 saturated carbocycles. The highest BCUT2D eigenvalue weighted by molar-refractivity contribution is 6.05. The molecule has 1 aliphatic heterocycles. The fourth-order valence-electron chi connectivity index (χ4n) is 3.04. The van der Waals surface area contributed by atoms with Crippen LogP contribution < -0.4 is 26.2 Å². The van der Waals surface area contributed by atoms with Crippen LogP contribution in [-0.4, -0.2) is 38.1 Å². The predicted molar refractivity (Wildman–Crippen MR) is 124 cm³/mol. The van der Waals surface area contributed by atoms with Crippen LogP contribution in [0, 0.1) is 6.92 Å². The van der Waals surface area contributed by atoms with Crippen molar-refractivity contribution in [1.29, 1.82) is 0 Å². The van der Waals surface area contributed by atoms with Gasteiger partial charge in [0.1, 0.15) is 5.82 Å². The monoisotopic (exact) mass is 418 g/mol. The molecule has 160 valence electrons. The zero-order valence-electron chi connectivity index (χ0n) is 18.0. The average Bonchev–Trinajstić information content (AvgIpc) is 2.76. The van der Waals surface area contributed by atoms with Gasteiger partial charge in [0, 0.05) is 44.8 Å². The number of nitrogens with one attached hydrogen (secondary N) is 4. The molecule has 4 N–H and O–H groups in total. The minimum Gasteiger partial charge on any atom is -0.363 e. The van der Waals surface area contributed by atoms with Crippen LogP contribution >= 0.6 is 0 Å². The van der Waals surface area contributed by atoms with Gasteiger partial charge in [0.2, 0.25) is 0 Å². The van der Waals surface area contributed by atoms with Crippen molar-refractivity contribution < 1.29 is 9.59 Å². The molecule has 0 unspecified atom stereocenters. The molecule has 0 bridgehead atoms. The summed E-state index contributed by atoms with van der Waals surface area (Å²) in [5, 5.41) is 11.3. The Balaban J connectivity index is 1.83. The quantitative estimate of drug-likeness (QED) is 0.598. The van der Waals surface area contributed by atoms with E-state index in [2.05, 4.69) is 32.8 Å². The van der Waals surface area contributed by atoms with Crippen molar-refractivity contribution in [3.05, 3.63) is 83.5 Å². The van der Waals surface area contributed by atoms with Gasteiger partial charge in [-0.05, 0) is 42.3 Å². The Morgan fingerprint density at radius 1 is 1.13 bits per heavy atom. The second kappa shape index (κ2) is 9.17. The molecule has 2 heterocycles. The third-order valence-electron chi connectivity index (χ3n) is 4.86. The molecule has 3 rings (SSSR count). The van der Waals surface area contributed by atoms with Crippen LogP contribution in [0.1, 0.15) is 21.5 Å². The van der Waals surface area contributed by atoms with Crippen LogP contribution in [-0.2, 0) is 0 Å². The number of nitrogens with zero attached hydrogens (tertiary/aromatic N) is 2. The fourth-order valence-corrected chi connectivity index (χ4v) is 3.04. The van der Waals surface area contributed by atoms with Crippen LogP contribution in [0.15, 0.2) is 66.8 Å². The first-order valence-electron chi connectivity index (χ1n) is 9.71. The van der Waals surface area contributed by atoms with Gasteiger partial charge in [-0.3, -0.25) is 4.79 Å². The van der Waals surface area contributed by atoms with Crippen LogP contribution in [0.4, 0.5) is 16.3 Å². The zero-order chi connectivity index (χ0) is 22.5. The molecule has 31 heavy (non-hydrogen) atoms. The van der Waals surface area contributed by atoms with E-state index >= 15 is 0 Å². The Hall–Kier alpha value is -4.07. The number of hydrogen-bond acceptors (Lipinski definition) is 5. The first-order valence-corrected chi connectivity index (χ1v) is 9.71. The molecule has 8 nitrogen and oxygen atoms in total. The van der Waals surface area contributed by atoms with E-state index in [1.165, 1.54) is 0 Å². The molecule has 0 fully saturated rings. The van der Waals surface area contributed by atoms with Crippen molar-refractivity contribution in [3.63, 3.8) is 0 Å². The van der Waals surface area contributed by atoms with Gasteiger partial charge in [0.05, 0.1) is 17.0 Å². The molecular formula is C23H26N6O2. The number of pyridine rings is 1. The number of amides is 3. The Bertz CT molecular complexity index is 1080. The highest BCUT2D eigenvalue weighted by Crippen LogP contribution is 2.29. The Labute approximate surface area is 181 Å². The predicted octanol–water partition coefficient (Wildman–Crippen LogP) is 2.98. The van der Waals surface area contributed by atoms with Gasteiger partial charge >= 0.3 is 6.03 Å². The number of allylic oxidation sites excluding steroid dienone is 2. The lowest BCUT2D eigenvalue weighted by atomic mass is 9.97. The summed E-state index contributed by atoms with van der Waals surface area (Å²) in [6.45, 7) is 5.84. The van der Waals surface area contributed by atoms with Crippen molar-refractivity contribution in [2.75, 3.05) is 31.4 Å². The van der Waals surface area contributed by atoms with Gasteiger partial charge in [-0.15, -0.1) is 0 Å². The summed E-state index contributed by atoms with van der Waals surface area (Å²) in [5.41, 5.74) is 4.98. The third kappa shape index (κ3) is 4.92. The summed E-state index contributed by atoms with van der Waals surface area (Å²) in [6, 6.07) is 8.89. The van der Waals surface area contributed by atoms with E-state index in [-0.39, 0.29) is 11.9 Å². The number of carbonyl (C=O) groups is 2. The van der Waals surface area contributed by atoms with E-state index in [0.717, 1.165) is 22.5 Å². The maximum absolute atomic E-state index is 12.7. The minimum absolute atomic E-state index is 0.236. The molecule has 8 heteroatoms. The Morgan fingerprint density at radius 2 is 1.90 bits per heavy atom. The zero-order valence-corrected chi connectivity index (χ0v) is 18.0. The van der Waals surface area contributed by atoms with Crippen LogP contribution in [0.5, 0.6) is 0 Å². The molecule has 0 saturated heterocycles. The number of aromatic nitrogens is 1. The third-order valence-corrected chi connectivity index (χ3v) is 4.86. The van der Waals surface area contributed by atoms with Crippen LogP contribution in [0.2, 0.25) is 0 Å². The van der Waals surface area contributed by atoms with Crippen molar-refractivity contribution in [2.45, 2.75) is 6.92 Å². The van der Waals surface area contributed by atoms with Gasteiger partial charge < -0.3 is 26.2 Å². The lowest BCUT2D eigenvalue weighted by molar-refractivity contribution is 0.102. The number of hydrogen-bond donors (Lipinski definition) is 4. The van der Waals surface area contributed by atoms with Crippen LogP contribution in [0.3, 0.4) is 0 Å². The molecule has 0 aliphatic carbocycles. The maximum atomic E-state index is 12.7. The Morgan fingerprint density at radius 3 is 2.55 bits per heavy atom. The van der Waals surface area contributed by atoms with Crippen LogP contribution in [0.25, 0.3) is 5.57 Å². The standard InChI is InChI=1S/C23H26N6O2/c1-14-18(17-11-20(15(2)25-13-17)28-23(31)24-3)7-6-8-19(14)27-22(30)16-9-10-21(26-12-16)29(4)5/h6-13,25H,2H2,1,3-5H3,(H,27,30)(H2,24,28,31). The second-order valence-corrected chi connectivity index (χ2v) is 7.22. The summed E-state index contributed by atoms with van der Waals surface area (Å²) in [7, 11) is 5.34. The van der Waals surface area contributed by atoms with E-state index in [4.69, 9.17) is 0 Å². The van der Waals surface area contributed by atoms with Gasteiger partial charge in [-0.2, -0.15) is 0 Å². The number of benzene rings is 1. The molecule has 3 amide bonds. The highest BCUT2D eigenvalue weighted by atomic mass is 16.2. The van der Waals surface area contributed by atoms with Gasteiger partial charge in [-0.25, -0.2) is 9.78 Å². The number of carbonyl (C=O) groups excluding carboxylic acids is 2. The largest absolute Gasteiger partial charge is 0.363 e. The SMILES string of the molecule is C=C1NC=C(c2cccc(NC(=O)c3ccc(N(C)C)nc3)c2C)C=C1NC(=O)NC. The summed E-state index contributed by atoms with van der Waals surface area (Å²) in [4.78, 5) is 30.6. The van der Waals surface area contributed by atoms with E-state index in [0.29, 0.717) is 22.6 Å². The second-order valence-electron chi connectivity index (χ2n) is 7.22. The number of dihydropyridines is 1. The molecular weight excluding hydrogens is 392 g/mol. The maximum Gasteiger partial charge on any atom is 0.319 e. The molecule has 0 radical (unpaired) electrons. The Kier molecular flexibility index (Phi) is 6.40. The molecule has 0 spiro atoms. The van der Waals surface area contributed by atoms with Gasteiger partial charge in [0.25, 0.3) is 5.91 Å². The summed E-state index contributed by atoms with van der Waals surface area (Å²) < 4.78 is 0. The van der Waals surface area contributed by atoms with Crippen molar-refractivity contribution in [3.8, 4) is 0 Å². The number of rotatable bonds is 5. The minimum atomic E-state index is -0.331. The topological polar surface area (TPSA) is 98.4 Å². The van der Waals surface area contributed by atoms with Gasteiger partial charge in [-0.1, -0.05) is 18.7 Å². The molecule has 2 aromatic rings. The first-order chi connectivity index (χ1) is 14.8. The van der Waals surface area contributed by atoms with Crippen molar-refractivity contribution in [1.82, 2.24) is 20.9 Å². The van der Waals surface area contributed by atoms with Gasteiger partial charge in [0.15, 0.2) is 0 Å². The lowest BCUT2D eigenvalue weighted by Crippen LogP contribution is -2.34. The van der Waals surface area contributed by atoms with Crippen molar-refractivity contribution >= 4 is 29.0 Å². The molecule has 0 atom stereocenters. The number of anilines is 2. The molecule has 1 aromatic heterocycles. The normalized spacial score (nSPS) is 12.8. The smallest absolute Gasteiger partial charge is 0.319 e. The summed E-state index contributed by atoms with van der Waals surface area (Å²) in [5.74, 6) is 0.542. The summed E-state index contributed by atoms with van der Waals surface area (Å²) in [6.07, 6.45) is 5.21. The average molecular weight is 419 g/mol.